The van der Waals surface area contributed by atoms with Gasteiger partial charge < -0.3 is 5.32 Å². The van der Waals surface area contributed by atoms with Crippen LogP contribution in [0.4, 0.5) is 10.1 Å². The molecule has 1 N–H and O–H groups in total. The number of nitriles is 1. The van der Waals surface area contributed by atoms with Gasteiger partial charge in [-0.15, -0.1) is 0 Å². The summed E-state index contributed by atoms with van der Waals surface area (Å²) in [5.41, 5.74) is 1.19. The van der Waals surface area contributed by atoms with Crippen LogP contribution >= 0.6 is 22.6 Å². The van der Waals surface area contributed by atoms with E-state index in [1.165, 1.54) is 30.3 Å². The van der Waals surface area contributed by atoms with Crippen molar-refractivity contribution in [2.24, 2.45) is 0 Å². The van der Waals surface area contributed by atoms with Crippen LogP contribution in [0.25, 0.3) is 6.08 Å². The number of carbonyl (C=O) groups is 1. The largest absolute Gasteiger partial charge is 0.321 e. The predicted molar refractivity (Wildman–Crippen MR) is 87.8 cm³/mol. The third-order valence-corrected chi connectivity index (χ3v) is 3.30. The highest BCUT2D eigenvalue weighted by atomic mass is 127. The number of rotatable bonds is 3. The molecule has 0 aliphatic heterocycles. The van der Waals surface area contributed by atoms with Crippen molar-refractivity contribution in [1.29, 1.82) is 5.26 Å². The zero-order chi connectivity index (χ0) is 15.2. The van der Waals surface area contributed by atoms with Crippen molar-refractivity contribution in [3.05, 3.63) is 69.1 Å². The van der Waals surface area contributed by atoms with Crippen LogP contribution in [0, 0.1) is 20.7 Å². The van der Waals surface area contributed by atoms with Gasteiger partial charge >= 0.3 is 0 Å². The van der Waals surface area contributed by atoms with Gasteiger partial charge in [-0.1, -0.05) is 12.1 Å². The van der Waals surface area contributed by atoms with Crippen LogP contribution in [-0.4, -0.2) is 5.91 Å². The molecule has 0 unspecified atom stereocenters. The monoisotopic (exact) mass is 392 g/mol. The fourth-order valence-electron chi connectivity index (χ4n) is 1.64. The van der Waals surface area contributed by atoms with Gasteiger partial charge in [0.15, 0.2) is 0 Å². The second-order valence-corrected chi connectivity index (χ2v) is 5.43. The molecule has 2 aromatic rings. The molecule has 1 amide bonds. The molecule has 0 atom stereocenters. The van der Waals surface area contributed by atoms with E-state index in [0.29, 0.717) is 5.69 Å². The second-order valence-electron chi connectivity index (χ2n) is 4.19. The summed E-state index contributed by atoms with van der Waals surface area (Å²) in [4.78, 5) is 12.0. The zero-order valence-electron chi connectivity index (χ0n) is 10.8. The molecule has 0 saturated heterocycles. The third-order valence-electron chi connectivity index (χ3n) is 2.63. The molecule has 21 heavy (non-hydrogen) atoms. The van der Waals surface area contributed by atoms with Gasteiger partial charge in [0.2, 0.25) is 0 Å². The summed E-state index contributed by atoms with van der Waals surface area (Å²) in [5.74, 6) is -0.911. The molecule has 3 nitrogen and oxygen atoms in total. The van der Waals surface area contributed by atoms with E-state index in [9.17, 15) is 9.18 Å². The lowest BCUT2D eigenvalue weighted by atomic mass is 10.1. The van der Waals surface area contributed by atoms with E-state index >= 15 is 0 Å². The SMILES string of the molecule is N#CC(=Cc1cccc(I)c1)C(=O)Nc1ccc(F)cc1. The highest BCUT2D eigenvalue weighted by Crippen LogP contribution is 2.14. The van der Waals surface area contributed by atoms with Crippen molar-refractivity contribution >= 4 is 40.3 Å². The molecule has 0 aliphatic rings. The molecular weight excluding hydrogens is 382 g/mol. The first kappa shape index (κ1) is 15.2. The minimum atomic E-state index is -0.525. The predicted octanol–water partition coefficient (Wildman–Crippen LogP) is 3.98. The Kier molecular flexibility index (Phi) is 5.06. The Morgan fingerprint density at radius 2 is 1.95 bits per heavy atom. The first-order valence-corrected chi connectivity index (χ1v) is 7.10. The number of anilines is 1. The number of nitrogens with one attached hydrogen (secondary N) is 1. The van der Waals surface area contributed by atoms with Crippen LogP contribution in [0.3, 0.4) is 0 Å². The fraction of sp³-hybridized carbons (Fsp3) is 0. The number of hydrogen-bond acceptors (Lipinski definition) is 2. The van der Waals surface area contributed by atoms with Crippen LogP contribution in [0.5, 0.6) is 0 Å². The molecule has 0 bridgehead atoms. The van der Waals surface area contributed by atoms with Gasteiger partial charge in [-0.3, -0.25) is 4.79 Å². The topological polar surface area (TPSA) is 52.9 Å². The summed E-state index contributed by atoms with van der Waals surface area (Å²) in [6, 6.07) is 14.7. The molecular formula is C16H10FIN2O. The number of nitrogens with zero attached hydrogens (tertiary/aromatic N) is 1. The van der Waals surface area contributed by atoms with E-state index in [1.54, 1.807) is 0 Å². The third kappa shape index (κ3) is 4.39. The van der Waals surface area contributed by atoms with E-state index in [4.69, 9.17) is 5.26 Å². The van der Waals surface area contributed by atoms with Crippen molar-refractivity contribution in [3.63, 3.8) is 0 Å². The lowest BCUT2D eigenvalue weighted by Gasteiger charge is -2.04. The van der Waals surface area contributed by atoms with Crippen molar-refractivity contribution in [3.8, 4) is 6.07 Å². The molecule has 2 aromatic carbocycles. The molecule has 0 spiro atoms. The Bertz CT molecular complexity index is 733. The van der Waals surface area contributed by atoms with Gasteiger partial charge in [0.25, 0.3) is 5.91 Å². The lowest BCUT2D eigenvalue weighted by molar-refractivity contribution is -0.112. The number of hydrogen-bond donors (Lipinski definition) is 1. The fourth-order valence-corrected chi connectivity index (χ4v) is 2.21. The van der Waals surface area contributed by atoms with Gasteiger partial charge in [-0.05, 0) is 70.6 Å². The first-order chi connectivity index (χ1) is 10.1. The summed E-state index contributed by atoms with van der Waals surface area (Å²) in [5, 5.41) is 11.7. The Balaban J connectivity index is 2.19. The molecule has 2 rings (SSSR count). The Morgan fingerprint density at radius 1 is 1.24 bits per heavy atom. The van der Waals surface area contributed by atoms with Crippen LogP contribution in [-0.2, 0) is 4.79 Å². The van der Waals surface area contributed by atoms with Crippen molar-refractivity contribution < 1.29 is 9.18 Å². The Hall–Kier alpha value is -2.20. The number of amides is 1. The summed E-state index contributed by atoms with van der Waals surface area (Å²) >= 11 is 2.16. The van der Waals surface area contributed by atoms with Crippen LogP contribution in [0.1, 0.15) is 5.56 Å². The number of halogens is 2. The summed E-state index contributed by atoms with van der Waals surface area (Å²) in [6.45, 7) is 0. The van der Waals surface area contributed by atoms with Crippen LogP contribution in [0.2, 0.25) is 0 Å². The quantitative estimate of drug-likeness (QED) is 0.488. The van der Waals surface area contributed by atoms with Gasteiger partial charge in [-0.2, -0.15) is 5.26 Å². The maximum atomic E-state index is 12.8. The summed E-state index contributed by atoms with van der Waals surface area (Å²) in [6.07, 6.45) is 1.51. The van der Waals surface area contributed by atoms with E-state index in [1.807, 2.05) is 30.3 Å². The van der Waals surface area contributed by atoms with E-state index in [0.717, 1.165) is 9.13 Å². The molecule has 5 heteroatoms. The molecule has 0 radical (unpaired) electrons. The second kappa shape index (κ2) is 6.99. The molecule has 0 heterocycles. The minimum absolute atomic E-state index is 0.0127. The lowest BCUT2D eigenvalue weighted by Crippen LogP contribution is -2.13. The van der Waals surface area contributed by atoms with E-state index in [2.05, 4.69) is 27.9 Å². The molecule has 0 aromatic heterocycles. The smallest absolute Gasteiger partial charge is 0.266 e. The molecule has 0 fully saturated rings. The van der Waals surface area contributed by atoms with Gasteiger partial charge in [0.1, 0.15) is 17.5 Å². The van der Waals surface area contributed by atoms with Crippen LogP contribution < -0.4 is 5.32 Å². The van der Waals surface area contributed by atoms with Crippen molar-refractivity contribution in [1.82, 2.24) is 0 Å². The van der Waals surface area contributed by atoms with Gasteiger partial charge in [-0.25, -0.2) is 4.39 Å². The van der Waals surface area contributed by atoms with Crippen molar-refractivity contribution in [2.45, 2.75) is 0 Å². The van der Waals surface area contributed by atoms with Gasteiger partial charge in [0.05, 0.1) is 0 Å². The van der Waals surface area contributed by atoms with Crippen molar-refractivity contribution in [2.75, 3.05) is 5.32 Å². The molecule has 0 saturated carbocycles. The van der Waals surface area contributed by atoms with E-state index in [-0.39, 0.29) is 11.4 Å². The maximum absolute atomic E-state index is 12.8. The zero-order valence-corrected chi connectivity index (χ0v) is 13.0. The average molecular weight is 392 g/mol. The van der Waals surface area contributed by atoms with E-state index < -0.39 is 5.91 Å². The maximum Gasteiger partial charge on any atom is 0.266 e. The Labute approximate surface area is 135 Å². The first-order valence-electron chi connectivity index (χ1n) is 6.03. The number of benzene rings is 2. The van der Waals surface area contributed by atoms with Crippen LogP contribution in [0.15, 0.2) is 54.1 Å². The number of carbonyl (C=O) groups excluding carboxylic acids is 1. The van der Waals surface area contributed by atoms with Gasteiger partial charge in [0, 0.05) is 9.26 Å². The highest BCUT2D eigenvalue weighted by Gasteiger charge is 2.09. The molecule has 104 valence electrons. The Morgan fingerprint density at radius 3 is 2.57 bits per heavy atom. The highest BCUT2D eigenvalue weighted by molar-refractivity contribution is 14.1. The molecule has 0 aliphatic carbocycles. The standard InChI is InChI=1S/C16H10FIN2O/c17-13-4-6-15(7-5-13)20-16(21)12(10-19)8-11-2-1-3-14(18)9-11/h1-9H,(H,20,21). The minimum Gasteiger partial charge on any atom is -0.321 e. The average Bonchev–Trinajstić information content (AvgIpc) is 2.47. The summed E-state index contributed by atoms with van der Waals surface area (Å²) in [7, 11) is 0. The normalized spacial score (nSPS) is 10.8. The summed E-state index contributed by atoms with van der Waals surface area (Å²) < 4.78 is 13.8.